The van der Waals surface area contributed by atoms with E-state index in [0.29, 0.717) is 26.3 Å². The number of benzene rings is 1. The van der Waals surface area contributed by atoms with E-state index < -0.39 is 5.82 Å². The number of rotatable bonds is 5. The van der Waals surface area contributed by atoms with E-state index in [1.807, 2.05) is 0 Å². The lowest BCUT2D eigenvalue weighted by Crippen LogP contribution is -2.41. The van der Waals surface area contributed by atoms with Crippen LogP contribution in [0.1, 0.15) is 18.4 Å². The van der Waals surface area contributed by atoms with Gasteiger partial charge in [0.2, 0.25) is 0 Å². The minimum atomic E-state index is -0.399. The molecule has 0 aliphatic carbocycles. The third kappa shape index (κ3) is 3.89. The Hall–Kier alpha value is -0.680. The van der Waals surface area contributed by atoms with E-state index in [2.05, 4.69) is 5.32 Å². The number of aliphatic hydroxyl groups is 1. The molecule has 106 valence electrons. The van der Waals surface area contributed by atoms with Gasteiger partial charge in [0.25, 0.3) is 0 Å². The SMILES string of the molecule is OCC1(CNCc2ccc(Cl)c(F)c2)CCOCC1. The first-order valence-corrected chi connectivity index (χ1v) is 6.86. The molecule has 3 nitrogen and oxygen atoms in total. The maximum atomic E-state index is 13.3. The van der Waals surface area contributed by atoms with Crippen LogP contribution >= 0.6 is 11.6 Å². The summed E-state index contributed by atoms with van der Waals surface area (Å²) < 4.78 is 18.6. The quantitative estimate of drug-likeness (QED) is 0.873. The summed E-state index contributed by atoms with van der Waals surface area (Å²) in [6.07, 6.45) is 1.71. The van der Waals surface area contributed by atoms with Gasteiger partial charge in [-0.3, -0.25) is 0 Å². The van der Waals surface area contributed by atoms with Crippen molar-refractivity contribution in [3.8, 4) is 0 Å². The van der Waals surface area contributed by atoms with Gasteiger partial charge in [-0.05, 0) is 30.5 Å². The summed E-state index contributed by atoms with van der Waals surface area (Å²) in [7, 11) is 0. The van der Waals surface area contributed by atoms with Crippen LogP contribution in [0, 0.1) is 11.2 Å². The number of ether oxygens (including phenoxy) is 1. The summed E-state index contributed by atoms with van der Waals surface area (Å²) in [4.78, 5) is 0. The van der Waals surface area contributed by atoms with Gasteiger partial charge in [-0.1, -0.05) is 17.7 Å². The number of nitrogens with one attached hydrogen (secondary N) is 1. The molecule has 0 amide bonds. The molecule has 2 rings (SSSR count). The second-order valence-electron chi connectivity index (χ2n) is 5.12. The molecule has 0 bridgehead atoms. The first-order chi connectivity index (χ1) is 9.15. The van der Waals surface area contributed by atoms with Gasteiger partial charge < -0.3 is 15.2 Å². The zero-order valence-electron chi connectivity index (χ0n) is 10.8. The Bertz CT molecular complexity index is 422. The van der Waals surface area contributed by atoms with Crippen LogP contribution in [0.3, 0.4) is 0 Å². The highest BCUT2D eigenvalue weighted by Crippen LogP contribution is 2.29. The third-order valence-corrected chi connectivity index (χ3v) is 4.01. The molecule has 1 aromatic rings. The summed E-state index contributed by atoms with van der Waals surface area (Å²) in [5.41, 5.74) is 0.741. The number of hydrogen-bond acceptors (Lipinski definition) is 3. The summed E-state index contributed by atoms with van der Waals surface area (Å²) in [5, 5.41) is 13.0. The second-order valence-corrected chi connectivity index (χ2v) is 5.53. The lowest BCUT2D eigenvalue weighted by Gasteiger charge is -2.35. The minimum Gasteiger partial charge on any atom is -0.396 e. The fraction of sp³-hybridized carbons (Fsp3) is 0.571. The van der Waals surface area contributed by atoms with Crippen molar-refractivity contribution in [2.24, 2.45) is 5.41 Å². The smallest absolute Gasteiger partial charge is 0.142 e. The van der Waals surface area contributed by atoms with E-state index in [1.165, 1.54) is 6.07 Å². The highest BCUT2D eigenvalue weighted by atomic mass is 35.5. The molecule has 1 aliphatic heterocycles. The van der Waals surface area contributed by atoms with Crippen LogP contribution in [-0.2, 0) is 11.3 Å². The fourth-order valence-corrected chi connectivity index (χ4v) is 2.43. The predicted molar refractivity (Wildman–Crippen MR) is 72.7 cm³/mol. The van der Waals surface area contributed by atoms with E-state index in [-0.39, 0.29) is 17.0 Å². The van der Waals surface area contributed by atoms with Crippen LogP contribution in [0.5, 0.6) is 0 Å². The van der Waals surface area contributed by atoms with E-state index in [9.17, 15) is 9.50 Å². The lowest BCUT2D eigenvalue weighted by molar-refractivity contribution is -0.0154. The van der Waals surface area contributed by atoms with Crippen LogP contribution in [0.4, 0.5) is 4.39 Å². The Balaban J connectivity index is 1.86. The van der Waals surface area contributed by atoms with E-state index in [4.69, 9.17) is 16.3 Å². The van der Waals surface area contributed by atoms with Crippen LogP contribution in [0.2, 0.25) is 5.02 Å². The highest BCUT2D eigenvalue weighted by Gasteiger charge is 2.31. The van der Waals surface area contributed by atoms with Crippen LogP contribution < -0.4 is 5.32 Å². The molecular formula is C14H19ClFNO2. The van der Waals surface area contributed by atoms with Gasteiger partial charge in [0.05, 0.1) is 11.6 Å². The molecule has 5 heteroatoms. The Labute approximate surface area is 117 Å². The average molecular weight is 288 g/mol. The molecule has 0 saturated carbocycles. The van der Waals surface area contributed by atoms with E-state index in [1.54, 1.807) is 12.1 Å². The molecule has 0 unspecified atom stereocenters. The maximum absolute atomic E-state index is 13.3. The van der Waals surface area contributed by atoms with Crippen molar-refractivity contribution in [2.45, 2.75) is 19.4 Å². The molecule has 19 heavy (non-hydrogen) atoms. The zero-order chi connectivity index (χ0) is 13.7. The van der Waals surface area contributed by atoms with Gasteiger partial charge in [0, 0.05) is 31.7 Å². The molecule has 0 aromatic heterocycles. The van der Waals surface area contributed by atoms with Crippen LogP contribution in [0.25, 0.3) is 0 Å². The molecule has 2 N–H and O–H groups in total. The van der Waals surface area contributed by atoms with Crippen molar-refractivity contribution in [1.82, 2.24) is 5.32 Å². The normalized spacial score (nSPS) is 18.5. The zero-order valence-corrected chi connectivity index (χ0v) is 11.5. The van der Waals surface area contributed by atoms with E-state index in [0.717, 1.165) is 18.4 Å². The molecular weight excluding hydrogens is 269 g/mol. The monoisotopic (exact) mass is 287 g/mol. The standard InChI is InChI=1S/C14H19ClFNO2/c15-12-2-1-11(7-13(12)16)8-17-9-14(10-18)3-5-19-6-4-14/h1-2,7,17-18H,3-6,8-10H2. The van der Waals surface area contributed by atoms with Crippen molar-refractivity contribution in [3.63, 3.8) is 0 Å². The van der Waals surface area contributed by atoms with Gasteiger partial charge in [-0.25, -0.2) is 4.39 Å². The summed E-state index contributed by atoms with van der Waals surface area (Å²) in [6, 6.07) is 4.79. The average Bonchev–Trinajstić information content (AvgIpc) is 2.44. The van der Waals surface area contributed by atoms with Gasteiger partial charge in [-0.15, -0.1) is 0 Å². The first-order valence-electron chi connectivity index (χ1n) is 6.48. The molecule has 0 atom stereocenters. The number of hydrogen-bond donors (Lipinski definition) is 2. The van der Waals surface area contributed by atoms with Gasteiger partial charge in [0.1, 0.15) is 5.82 Å². The Kier molecular flexibility index (Phi) is 5.16. The van der Waals surface area contributed by atoms with Crippen molar-refractivity contribution in [2.75, 3.05) is 26.4 Å². The van der Waals surface area contributed by atoms with Crippen LogP contribution in [0.15, 0.2) is 18.2 Å². The van der Waals surface area contributed by atoms with Gasteiger partial charge >= 0.3 is 0 Å². The largest absolute Gasteiger partial charge is 0.396 e. The summed E-state index contributed by atoms with van der Waals surface area (Å²) in [5.74, 6) is -0.399. The Morgan fingerprint density at radius 3 is 2.74 bits per heavy atom. The highest BCUT2D eigenvalue weighted by molar-refractivity contribution is 6.30. The molecule has 0 radical (unpaired) electrons. The van der Waals surface area contributed by atoms with Crippen LogP contribution in [-0.4, -0.2) is 31.5 Å². The third-order valence-electron chi connectivity index (χ3n) is 3.70. The van der Waals surface area contributed by atoms with Crippen molar-refractivity contribution in [1.29, 1.82) is 0 Å². The fourth-order valence-electron chi connectivity index (χ4n) is 2.32. The second kappa shape index (κ2) is 6.66. The van der Waals surface area contributed by atoms with Crippen molar-refractivity contribution in [3.05, 3.63) is 34.6 Å². The molecule has 1 saturated heterocycles. The summed E-state index contributed by atoms with van der Waals surface area (Å²) in [6.45, 7) is 2.81. The molecule has 1 aliphatic rings. The minimum absolute atomic E-state index is 0.108. The maximum Gasteiger partial charge on any atom is 0.142 e. The van der Waals surface area contributed by atoms with Gasteiger partial charge in [-0.2, -0.15) is 0 Å². The van der Waals surface area contributed by atoms with Crippen molar-refractivity contribution >= 4 is 11.6 Å². The van der Waals surface area contributed by atoms with Gasteiger partial charge in [0.15, 0.2) is 0 Å². The summed E-state index contributed by atoms with van der Waals surface area (Å²) >= 11 is 5.64. The lowest BCUT2D eigenvalue weighted by atomic mass is 9.81. The number of aliphatic hydroxyl groups excluding tert-OH is 1. The van der Waals surface area contributed by atoms with E-state index >= 15 is 0 Å². The topological polar surface area (TPSA) is 41.5 Å². The number of halogens is 2. The molecule has 1 heterocycles. The predicted octanol–water partition coefficient (Wildman–Crippen LogP) is 2.36. The Morgan fingerprint density at radius 2 is 2.11 bits per heavy atom. The Morgan fingerprint density at radius 1 is 1.37 bits per heavy atom. The molecule has 0 spiro atoms. The molecule has 1 fully saturated rings. The van der Waals surface area contributed by atoms with Crippen molar-refractivity contribution < 1.29 is 14.2 Å². The first kappa shape index (κ1) is 14.7. The molecule has 1 aromatic carbocycles.